The molecule has 1 aromatic heterocycles. The Kier molecular flexibility index (Phi) is 9.54. The molecule has 13 rings (SSSR count). The Morgan fingerprint density at radius 3 is 1.18 bits per heavy atom. The number of hydrogen-bond donors (Lipinski definition) is 0. The molecule has 0 saturated carbocycles. The molecular weight excluding hydrogens is 823 g/mol. The maximum Gasteiger partial charge on any atom is 0.136 e. The van der Waals surface area contributed by atoms with Crippen molar-refractivity contribution in [1.82, 2.24) is 0 Å². The van der Waals surface area contributed by atoms with Crippen molar-refractivity contribution in [3.8, 4) is 55.8 Å². The molecule has 0 amide bonds. The molecule has 12 aromatic carbocycles. The zero-order valence-corrected chi connectivity index (χ0v) is 37.2. The lowest BCUT2D eigenvalue weighted by atomic mass is 9.93. The third kappa shape index (κ3) is 7.08. The molecule has 0 aliphatic rings. The molecule has 0 unspecified atom stereocenters. The van der Waals surface area contributed by atoms with Gasteiger partial charge in [0.1, 0.15) is 11.3 Å². The van der Waals surface area contributed by atoms with E-state index >= 15 is 0 Å². The van der Waals surface area contributed by atoms with Crippen LogP contribution in [0.3, 0.4) is 0 Å². The smallest absolute Gasteiger partial charge is 0.136 e. The number of benzene rings is 12. The SMILES string of the molecule is c1ccc(-c2ccc(-c3ccc(N(c4ccc(-c5ccc6c(ccc7ccccc76)c5)cc4)c4ccc(-c5ccc6c(ccc7ccccc76)c5)cc4)cc3)cc2-c2cc3ccccc3o2)cc1. The van der Waals surface area contributed by atoms with Gasteiger partial charge in [-0.25, -0.2) is 0 Å². The minimum Gasteiger partial charge on any atom is -0.456 e. The Morgan fingerprint density at radius 1 is 0.235 bits per heavy atom. The summed E-state index contributed by atoms with van der Waals surface area (Å²) >= 11 is 0. The van der Waals surface area contributed by atoms with E-state index in [1.165, 1.54) is 65.3 Å². The topological polar surface area (TPSA) is 16.4 Å². The van der Waals surface area contributed by atoms with Gasteiger partial charge in [0.25, 0.3) is 0 Å². The lowest BCUT2D eigenvalue weighted by molar-refractivity contribution is 0.632. The van der Waals surface area contributed by atoms with Gasteiger partial charge >= 0.3 is 0 Å². The number of nitrogens with zero attached hydrogens (tertiary/aromatic N) is 1. The Hall–Kier alpha value is -8.98. The van der Waals surface area contributed by atoms with E-state index in [0.717, 1.165) is 61.6 Å². The highest BCUT2D eigenvalue weighted by Gasteiger charge is 2.17. The molecule has 0 spiro atoms. The van der Waals surface area contributed by atoms with Gasteiger partial charge in [-0.1, -0.05) is 194 Å². The lowest BCUT2D eigenvalue weighted by Crippen LogP contribution is -2.09. The highest BCUT2D eigenvalue weighted by molar-refractivity contribution is 6.09. The molecule has 0 radical (unpaired) electrons. The van der Waals surface area contributed by atoms with Crippen molar-refractivity contribution in [2.45, 2.75) is 0 Å². The molecule has 2 heteroatoms. The maximum atomic E-state index is 6.49. The van der Waals surface area contributed by atoms with E-state index in [0.29, 0.717) is 0 Å². The molecule has 68 heavy (non-hydrogen) atoms. The minimum absolute atomic E-state index is 0.857. The van der Waals surface area contributed by atoms with E-state index in [4.69, 9.17) is 4.42 Å². The van der Waals surface area contributed by atoms with Crippen molar-refractivity contribution >= 4 is 71.1 Å². The number of anilines is 3. The minimum atomic E-state index is 0.857. The highest BCUT2D eigenvalue weighted by Crippen LogP contribution is 2.42. The largest absolute Gasteiger partial charge is 0.456 e. The maximum absolute atomic E-state index is 6.49. The summed E-state index contributed by atoms with van der Waals surface area (Å²) in [6, 6.07) is 94.4. The molecule has 0 atom stereocenters. The van der Waals surface area contributed by atoms with Crippen LogP contribution in [0.4, 0.5) is 17.1 Å². The second kappa shape index (κ2) is 16.5. The van der Waals surface area contributed by atoms with Gasteiger partial charge in [0, 0.05) is 28.0 Å². The zero-order chi connectivity index (χ0) is 45.0. The average Bonchev–Trinajstić information content (AvgIpc) is 3.86. The van der Waals surface area contributed by atoms with Crippen LogP contribution in [-0.4, -0.2) is 0 Å². The van der Waals surface area contributed by atoms with Crippen molar-refractivity contribution in [1.29, 1.82) is 0 Å². The first-order valence-corrected chi connectivity index (χ1v) is 23.3. The van der Waals surface area contributed by atoms with Crippen LogP contribution in [0.15, 0.2) is 265 Å². The molecule has 1 heterocycles. The fourth-order valence-electron chi connectivity index (χ4n) is 10.2. The third-order valence-corrected chi connectivity index (χ3v) is 13.7. The van der Waals surface area contributed by atoms with Gasteiger partial charge in [0.2, 0.25) is 0 Å². The molecule has 318 valence electrons. The summed E-state index contributed by atoms with van der Waals surface area (Å²) in [6.07, 6.45) is 0. The van der Waals surface area contributed by atoms with Gasteiger partial charge in [-0.3, -0.25) is 0 Å². The fourth-order valence-corrected chi connectivity index (χ4v) is 10.2. The van der Waals surface area contributed by atoms with Crippen molar-refractivity contribution in [2.75, 3.05) is 4.90 Å². The Bertz CT molecular complexity index is 3800. The van der Waals surface area contributed by atoms with E-state index < -0.39 is 0 Å². The van der Waals surface area contributed by atoms with Crippen molar-refractivity contribution in [3.05, 3.63) is 261 Å². The summed E-state index contributed by atoms with van der Waals surface area (Å²) in [5.41, 5.74) is 14.5. The molecule has 2 nitrogen and oxygen atoms in total. The summed E-state index contributed by atoms with van der Waals surface area (Å²) < 4.78 is 6.49. The standard InChI is InChI=1S/C66H43NO/c1-2-10-47(11-3-1)61-37-30-52(42-64(61)66-43-55-14-6-9-17-65(55)68-66)46-26-35-58(36-27-46)67(56-31-22-44(23-32-56)50-28-38-62-53(40-50)20-18-48-12-4-7-15-59(48)62)57-33-24-45(25-34-57)51-29-39-63-54(41-51)21-19-49-13-5-8-16-60(49)63/h1-43H. The average molecular weight is 866 g/mol. The van der Waals surface area contributed by atoms with Crippen LogP contribution in [0.2, 0.25) is 0 Å². The van der Waals surface area contributed by atoms with Crippen molar-refractivity contribution in [3.63, 3.8) is 0 Å². The first-order valence-electron chi connectivity index (χ1n) is 23.3. The number of furan rings is 1. The Balaban J connectivity index is 0.873. The van der Waals surface area contributed by atoms with E-state index in [9.17, 15) is 0 Å². The number of hydrogen-bond acceptors (Lipinski definition) is 2. The summed E-state index contributed by atoms with van der Waals surface area (Å²) in [5, 5.41) is 11.2. The zero-order valence-electron chi connectivity index (χ0n) is 37.2. The number of para-hydroxylation sites is 1. The highest BCUT2D eigenvalue weighted by atomic mass is 16.3. The fraction of sp³-hybridized carbons (Fsp3) is 0. The van der Waals surface area contributed by atoms with E-state index in [1.54, 1.807) is 0 Å². The monoisotopic (exact) mass is 865 g/mol. The van der Waals surface area contributed by atoms with Crippen LogP contribution in [0.1, 0.15) is 0 Å². The second-order valence-electron chi connectivity index (χ2n) is 17.7. The van der Waals surface area contributed by atoms with Gasteiger partial charge < -0.3 is 9.32 Å². The van der Waals surface area contributed by atoms with Crippen LogP contribution in [0.25, 0.3) is 110 Å². The summed E-state index contributed by atoms with van der Waals surface area (Å²) in [5.74, 6) is 0.857. The van der Waals surface area contributed by atoms with E-state index in [-0.39, 0.29) is 0 Å². The molecule has 0 aliphatic heterocycles. The first kappa shape index (κ1) is 39.4. The van der Waals surface area contributed by atoms with Gasteiger partial charge in [-0.15, -0.1) is 0 Å². The van der Waals surface area contributed by atoms with Gasteiger partial charge in [0.05, 0.1) is 0 Å². The molecule has 0 N–H and O–H groups in total. The first-order chi connectivity index (χ1) is 33.7. The Morgan fingerprint density at radius 2 is 0.647 bits per heavy atom. The van der Waals surface area contributed by atoms with Gasteiger partial charge in [0.15, 0.2) is 0 Å². The Labute approximate surface area is 395 Å². The summed E-state index contributed by atoms with van der Waals surface area (Å²) in [7, 11) is 0. The predicted octanol–water partition coefficient (Wildman–Crippen LogP) is 18.9. The number of fused-ring (bicyclic) bond motifs is 7. The molecule has 0 fully saturated rings. The van der Waals surface area contributed by atoms with Crippen LogP contribution in [-0.2, 0) is 0 Å². The van der Waals surface area contributed by atoms with Crippen LogP contribution in [0.5, 0.6) is 0 Å². The van der Waals surface area contributed by atoms with E-state index in [1.807, 2.05) is 12.1 Å². The van der Waals surface area contributed by atoms with Crippen LogP contribution < -0.4 is 4.90 Å². The molecule has 0 bridgehead atoms. The quantitative estimate of drug-likeness (QED) is 0.142. The van der Waals surface area contributed by atoms with Crippen LogP contribution in [0, 0.1) is 0 Å². The van der Waals surface area contributed by atoms with Gasteiger partial charge in [-0.2, -0.15) is 0 Å². The third-order valence-electron chi connectivity index (χ3n) is 13.7. The lowest BCUT2D eigenvalue weighted by Gasteiger charge is -2.26. The normalized spacial score (nSPS) is 11.5. The number of rotatable bonds is 8. The van der Waals surface area contributed by atoms with Crippen LogP contribution >= 0.6 is 0 Å². The molecule has 0 aliphatic carbocycles. The second-order valence-corrected chi connectivity index (χ2v) is 17.7. The van der Waals surface area contributed by atoms with Gasteiger partial charge in [-0.05, 0) is 154 Å². The summed E-state index contributed by atoms with van der Waals surface area (Å²) in [4.78, 5) is 2.36. The summed E-state index contributed by atoms with van der Waals surface area (Å²) in [6.45, 7) is 0. The molecule has 0 saturated heterocycles. The van der Waals surface area contributed by atoms with E-state index in [2.05, 4.69) is 254 Å². The molecule has 13 aromatic rings. The van der Waals surface area contributed by atoms with Crippen molar-refractivity contribution < 1.29 is 4.42 Å². The van der Waals surface area contributed by atoms with Crippen molar-refractivity contribution in [2.24, 2.45) is 0 Å². The molecular formula is C66H43NO. The predicted molar refractivity (Wildman–Crippen MR) is 288 cm³/mol.